The van der Waals surface area contributed by atoms with Crippen LogP contribution in [0.4, 0.5) is 10.5 Å². The number of amides is 2. The van der Waals surface area contributed by atoms with E-state index in [1.165, 1.54) is 22.1 Å². The molecular weight excluding hydrogens is 438 g/mol. The van der Waals surface area contributed by atoms with E-state index in [0.29, 0.717) is 17.1 Å². The second-order valence-electron chi connectivity index (χ2n) is 7.19. The maximum atomic E-state index is 12.3. The molecule has 0 saturated carbocycles. The van der Waals surface area contributed by atoms with Crippen LogP contribution in [0.5, 0.6) is 5.75 Å². The van der Waals surface area contributed by atoms with Gasteiger partial charge in [-0.25, -0.2) is 14.5 Å². The maximum Gasteiger partial charge on any atom is 0.319 e. The zero-order valence-corrected chi connectivity index (χ0v) is 19.1. The fraction of sp³-hybridized carbons (Fsp3) is 0.167. The van der Waals surface area contributed by atoms with Gasteiger partial charge in [0.15, 0.2) is 0 Å². The van der Waals surface area contributed by atoms with E-state index in [9.17, 15) is 9.59 Å². The van der Waals surface area contributed by atoms with Gasteiger partial charge in [-0.1, -0.05) is 36.4 Å². The monoisotopic (exact) mass is 461 g/mol. The number of nitrogens with one attached hydrogen (secondary N) is 2. The number of hydrogen-bond donors (Lipinski definition) is 2. The predicted molar refractivity (Wildman–Crippen MR) is 130 cm³/mol. The molecule has 8 nitrogen and oxygen atoms in total. The summed E-state index contributed by atoms with van der Waals surface area (Å²) in [5.74, 6) is 0.647. The summed E-state index contributed by atoms with van der Waals surface area (Å²) in [5.41, 5.74) is 2.94. The van der Waals surface area contributed by atoms with Crippen LogP contribution in [0.15, 0.2) is 71.5 Å². The van der Waals surface area contributed by atoms with Crippen molar-refractivity contribution in [3.05, 3.63) is 82.8 Å². The minimum atomic E-state index is -0.377. The summed E-state index contributed by atoms with van der Waals surface area (Å²) in [7, 11) is 1.56. The number of nitrogens with zero attached hydrogens (tertiary/aromatic N) is 3. The Kier molecular flexibility index (Phi) is 6.80. The molecule has 0 aliphatic heterocycles. The molecular formula is C24H23N5O3S. The Balaban J connectivity index is 1.42. The largest absolute Gasteiger partial charge is 0.497 e. The molecule has 0 radical (unpaired) electrons. The molecule has 4 aromatic rings. The lowest BCUT2D eigenvalue weighted by molar-refractivity contribution is 0.251. The van der Waals surface area contributed by atoms with Gasteiger partial charge in [-0.05, 0) is 25.1 Å². The first-order chi connectivity index (χ1) is 16.0. The number of urea groups is 1. The average Bonchev–Trinajstić information content (AvgIpc) is 3.22. The number of rotatable bonds is 7. The Morgan fingerprint density at radius 2 is 1.91 bits per heavy atom. The molecule has 4 rings (SSSR count). The van der Waals surface area contributed by atoms with Crippen LogP contribution >= 0.6 is 11.3 Å². The molecule has 9 heteroatoms. The minimum absolute atomic E-state index is 0.237. The van der Waals surface area contributed by atoms with Crippen LogP contribution in [0, 0.1) is 6.92 Å². The molecule has 0 aliphatic carbocycles. The highest BCUT2D eigenvalue weighted by atomic mass is 32.1. The summed E-state index contributed by atoms with van der Waals surface area (Å²) in [6.07, 6.45) is 0. The number of carbonyl (C=O) groups is 1. The molecule has 0 saturated heterocycles. The molecule has 2 aromatic heterocycles. The summed E-state index contributed by atoms with van der Waals surface area (Å²) in [4.78, 5) is 30.1. The zero-order chi connectivity index (χ0) is 23.2. The number of ether oxygens (including phenoxy) is 1. The smallest absolute Gasteiger partial charge is 0.319 e. The van der Waals surface area contributed by atoms with Crippen LogP contribution in [-0.4, -0.2) is 34.5 Å². The van der Waals surface area contributed by atoms with Gasteiger partial charge in [-0.3, -0.25) is 4.79 Å². The Morgan fingerprint density at radius 3 is 2.70 bits per heavy atom. The molecule has 33 heavy (non-hydrogen) atoms. The highest BCUT2D eigenvalue weighted by Crippen LogP contribution is 2.33. The summed E-state index contributed by atoms with van der Waals surface area (Å²) in [6.45, 7) is 2.41. The first-order valence-corrected chi connectivity index (χ1v) is 11.2. The van der Waals surface area contributed by atoms with Crippen LogP contribution in [0.3, 0.4) is 0 Å². The van der Waals surface area contributed by atoms with E-state index in [1.54, 1.807) is 37.4 Å². The number of thiazole rings is 1. The molecule has 0 unspecified atom stereocenters. The Morgan fingerprint density at radius 1 is 1.09 bits per heavy atom. The van der Waals surface area contributed by atoms with Crippen molar-refractivity contribution in [3.63, 3.8) is 0 Å². The van der Waals surface area contributed by atoms with E-state index < -0.39 is 0 Å². The highest BCUT2D eigenvalue weighted by Gasteiger charge is 2.14. The average molecular weight is 462 g/mol. The van der Waals surface area contributed by atoms with Gasteiger partial charge in [-0.15, -0.1) is 11.3 Å². The predicted octanol–water partition coefficient (Wildman–Crippen LogP) is 4.17. The van der Waals surface area contributed by atoms with E-state index in [1.807, 2.05) is 37.3 Å². The topological polar surface area (TPSA) is 98.1 Å². The van der Waals surface area contributed by atoms with Crippen LogP contribution < -0.4 is 20.9 Å². The third-order valence-corrected chi connectivity index (χ3v) is 6.08. The van der Waals surface area contributed by atoms with Gasteiger partial charge in [0.2, 0.25) is 0 Å². The van der Waals surface area contributed by atoms with Gasteiger partial charge >= 0.3 is 6.03 Å². The molecule has 0 atom stereocenters. The lowest BCUT2D eigenvalue weighted by atomic mass is 10.2. The fourth-order valence-electron chi connectivity index (χ4n) is 3.22. The van der Waals surface area contributed by atoms with Crippen molar-refractivity contribution in [3.8, 4) is 26.9 Å². The van der Waals surface area contributed by atoms with Gasteiger partial charge < -0.3 is 15.4 Å². The van der Waals surface area contributed by atoms with E-state index in [4.69, 9.17) is 4.74 Å². The van der Waals surface area contributed by atoms with Crippen LogP contribution in [-0.2, 0) is 6.54 Å². The van der Waals surface area contributed by atoms with Crippen molar-refractivity contribution < 1.29 is 9.53 Å². The summed E-state index contributed by atoms with van der Waals surface area (Å²) in [5, 5.41) is 10.9. The minimum Gasteiger partial charge on any atom is -0.497 e. The molecule has 2 heterocycles. The Hall–Kier alpha value is -3.98. The van der Waals surface area contributed by atoms with Crippen molar-refractivity contribution >= 4 is 23.1 Å². The molecule has 0 bridgehead atoms. The lowest BCUT2D eigenvalue weighted by Crippen LogP contribution is -2.34. The van der Waals surface area contributed by atoms with Gasteiger partial charge in [0.1, 0.15) is 16.5 Å². The molecule has 2 N–H and O–H groups in total. The van der Waals surface area contributed by atoms with E-state index in [-0.39, 0.29) is 24.7 Å². The van der Waals surface area contributed by atoms with Gasteiger partial charge in [-0.2, -0.15) is 5.10 Å². The second-order valence-corrected chi connectivity index (χ2v) is 8.19. The Bertz CT molecular complexity index is 1320. The van der Waals surface area contributed by atoms with Crippen molar-refractivity contribution in [2.24, 2.45) is 0 Å². The molecule has 168 valence electrons. The van der Waals surface area contributed by atoms with Crippen LogP contribution in [0.25, 0.3) is 21.1 Å². The van der Waals surface area contributed by atoms with Crippen LogP contribution in [0.1, 0.15) is 5.69 Å². The maximum absolute atomic E-state index is 12.3. The third-order valence-electron chi connectivity index (χ3n) is 4.85. The van der Waals surface area contributed by atoms with Gasteiger partial charge in [0.05, 0.1) is 24.2 Å². The number of hydrogen-bond acceptors (Lipinski definition) is 6. The van der Waals surface area contributed by atoms with Gasteiger partial charge in [0.25, 0.3) is 5.56 Å². The fourth-order valence-corrected chi connectivity index (χ4v) is 4.26. The number of carbonyl (C=O) groups excluding carboxylic acids is 1. The van der Waals surface area contributed by atoms with Crippen molar-refractivity contribution in [2.75, 3.05) is 19.0 Å². The van der Waals surface area contributed by atoms with E-state index >= 15 is 0 Å². The van der Waals surface area contributed by atoms with E-state index in [2.05, 4.69) is 20.7 Å². The standard InChI is InChI=1S/C24H23N5O3S/c1-16-22(33-23(26-16)17-7-4-3-5-8-17)20-11-12-21(30)29(28-20)14-13-25-24(31)27-18-9-6-10-19(15-18)32-2/h3-12,15H,13-14H2,1-2H3,(H2,25,27,31). The summed E-state index contributed by atoms with van der Waals surface area (Å²) < 4.78 is 6.50. The first kappa shape index (κ1) is 22.2. The molecule has 2 amide bonds. The summed E-state index contributed by atoms with van der Waals surface area (Å²) >= 11 is 1.53. The molecule has 0 spiro atoms. The molecule has 2 aromatic carbocycles. The number of methoxy groups -OCH3 is 1. The number of benzene rings is 2. The molecule has 0 aliphatic rings. The normalized spacial score (nSPS) is 10.6. The quantitative estimate of drug-likeness (QED) is 0.430. The van der Waals surface area contributed by atoms with Gasteiger partial charge in [0, 0.05) is 29.9 Å². The lowest BCUT2D eigenvalue weighted by Gasteiger charge is -2.10. The van der Waals surface area contributed by atoms with Crippen molar-refractivity contribution in [1.82, 2.24) is 20.1 Å². The van der Waals surface area contributed by atoms with Crippen molar-refractivity contribution in [2.45, 2.75) is 13.5 Å². The second kappa shape index (κ2) is 10.1. The molecule has 0 fully saturated rings. The number of anilines is 1. The third kappa shape index (κ3) is 5.45. The summed E-state index contributed by atoms with van der Waals surface area (Å²) in [6, 6.07) is 19.8. The Labute approximate surface area is 194 Å². The van der Waals surface area contributed by atoms with Crippen LogP contribution in [0.2, 0.25) is 0 Å². The number of aryl methyl sites for hydroxylation is 1. The highest BCUT2D eigenvalue weighted by molar-refractivity contribution is 7.18. The van der Waals surface area contributed by atoms with Crippen molar-refractivity contribution in [1.29, 1.82) is 0 Å². The zero-order valence-electron chi connectivity index (χ0n) is 18.2. The number of aromatic nitrogens is 3. The SMILES string of the molecule is COc1cccc(NC(=O)NCCn2nc(-c3sc(-c4ccccc4)nc3C)ccc2=O)c1. The first-order valence-electron chi connectivity index (χ1n) is 10.3. The van der Waals surface area contributed by atoms with E-state index in [0.717, 1.165) is 21.1 Å².